The van der Waals surface area contributed by atoms with Crippen molar-refractivity contribution in [2.45, 2.75) is 27.7 Å². The smallest absolute Gasteiger partial charge is 0.296 e. The summed E-state index contributed by atoms with van der Waals surface area (Å²) in [7, 11) is -9.76. The van der Waals surface area contributed by atoms with E-state index >= 15 is 0 Å². The van der Waals surface area contributed by atoms with Crippen molar-refractivity contribution in [3.05, 3.63) is 127 Å². The molecule has 0 unspecified atom stereocenters. The van der Waals surface area contributed by atoms with E-state index in [9.17, 15) is 35.5 Å². The first-order chi connectivity index (χ1) is 24.0. The highest BCUT2D eigenvalue weighted by Gasteiger charge is 2.34. The zero-order valence-corrected chi connectivity index (χ0v) is 29.3. The van der Waals surface area contributed by atoms with Gasteiger partial charge in [-0.3, -0.25) is 29.5 Å². The first-order valence-corrected chi connectivity index (χ1v) is 18.2. The maximum atomic E-state index is 13.5. The zero-order chi connectivity index (χ0) is 36.8. The molecule has 0 spiro atoms. The molecule has 6 rings (SSSR count). The van der Waals surface area contributed by atoms with Gasteiger partial charge in [0, 0.05) is 22.5 Å². The molecule has 51 heavy (non-hydrogen) atoms. The summed E-state index contributed by atoms with van der Waals surface area (Å²) in [5.41, 5.74) is 10.6. The molecule has 5 N–H and O–H groups in total. The molecule has 4 aromatic carbocycles. The van der Waals surface area contributed by atoms with Gasteiger partial charge >= 0.3 is 0 Å². The number of benzene rings is 4. The molecule has 2 aliphatic rings. The average Bonchev–Trinajstić information content (AvgIpc) is 3.04. The molecule has 0 saturated heterocycles. The molecule has 0 heterocycles. The largest absolute Gasteiger partial charge is 0.355 e. The lowest BCUT2D eigenvalue weighted by Crippen LogP contribution is -2.27. The lowest BCUT2D eigenvalue weighted by Gasteiger charge is -2.19. The number of aryl methyl sites for hydroxylation is 4. The van der Waals surface area contributed by atoms with E-state index in [-0.39, 0.29) is 22.3 Å². The predicted molar refractivity (Wildman–Crippen MR) is 198 cm³/mol. The van der Waals surface area contributed by atoms with Gasteiger partial charge in [0.2, 0.25) is 11.6 Å². The van der Waals surface area contributed by atoms with Crippen molar-refractivity contribution < 1.29 is 35.5 Å². The summed E-state index contributed by atoms with van der Waals surface area (Å²) < 4.78 is 69.5. The van der Waals surface area contributed by atoms with Crippen molar-refractivity contribution in [3.8, 4) is 0 Å². The molecule has 0 atom stereocenters. The summed E-state index contributed by atoms with van der Waals surface area (Å²) >= 11 is 0. The summed E-state index contributed by atoms with van der Waals surface area (Å²) in [4.78, 5) is 25.5. The third-order valence-corrected chi connectivity index (χ3v) is 9.98. The number of Topliss-reactive ketones (excluding diaryl/α,β-unsaturated/α-hetero) is 2. The van der Waals surface area contributed by atoms with Crippen LogP contribution in [0.3, 0.4) is 0 Å². The Bertz CT molecular complexity index is 2360. The summed E-state index contributed by atoms with van der Waals surface area (Å²) in [5.74, 6) is -1.47. The number of rotatable bonds is 8. The van der Waals surface area contributed by atoms with E-state index in [1.807, 2.05) is 52.0 Å². The van der Waals surface area contributed by atoms with Crippen molar-refractivity contribution in [2.75, 3.05) is 16.2 Å². The minimum absolute atomic E-state index is 0.132. The molecule has 13 nitrogen and oxygen atoms in total. The molecule has 0 saturated carbocycles. The van der Waals surface area contributed by atoms with Crippen LogP contribution < -0.4 is 16.2 Å². The average molecular weight is 726 g/mol. The van der Waals surface area contributed by atoms with Crippen LogP contribution in [-0.4, -0.2) is 48.9 Å². The number of fused-ring (bicyclic) bond motifs is 2. The molecule has 0 bridgehead atoms. The second-order valence-electron chi connectivity index (χ2n) is 12.1. The molecular formula is C36H31N5O8S2. The van der Waals surface area contributed by atoms with Crippen molar-refractivity contribution in [1.29, 1.82) is 0 Å². The third-order valence-electron chi connectivity index (χ3n) is 8.25. The number of carbonyl (C=O) groups is 2. The van der Waals surface area contributed by atoms with Crippen LogP contribution in [0.1, 0.15) is 54.1 Å². The number of hydrazone groups is 2. The fourth-order valence-electron chi connectivity index (χ4n) is 5.71. The van der Waals surface area contributed by atoms with Gasteiger partial charge in [-0.25, -0.2) is 0 Å². The maximum Gasteiger partial charge on any atom is 0.296 e. The monoisotopic (exact) mass is 725 g/mol. The Morgan fingerprint density at radius 2 is 0.941 bits per heavy atom. The Morgan fingerprint density at radius 3 is 1.29 bits per heavy atom. The summed E-state index contributed by atoms with van der Waals surface area (Å²) in [6.07, 6.45) is 2.28. The van der Waals surface area contributed by atoms with Gasteiger partial charge in [-0.1, -0.05) is 35.4 Å². The lowest BCUT2D eigenvalue weighted by molar-refractivity contribution is 0.105. The second-order valence-corrected chi connectivity index (χ2v) is 14.9. The molecule has 0 radical (unpaired) electrons. The quantitative estimate of drug-likeness (QED) is 0.0986. The van der Waals surface area contributed by atoms with Gasteiger partial charge in [0.05, 0.1) is 11.4 Å². The highest BCUT2D eigenvalue weighted by molar-refractivity contribution is 7.91. The van der Waals surface area contributed by atoms with Gasteiger partial charge in [0.15, 0.2) is 11.4 Å². The summed E-state index contributed by atoms with van der Waals surface area (Å²) in [6, 6.07) is 19.9. The zero-order valence-electron chi connectivity index (χ0n) is 27.6. The molecule has 4 aromatic rings. The number of hydrogen-bond acceptors (Lipinski definition) is 11. The van der Waals surface area contributed by atoms with E-state index in [2.05, 4.69) is 26.4 Å². The van der Waals surface area contributed by atoms with Crippen molar-refractivity contribution in [1.82, 2.24) is 0 Å². The fraction of sp³-hybridized carbons (Fsp3) is 0.111. The minimum Gasteiger partial charge on any atom is -0.355 e. The van der Waals surface area contributed by atoms with Crippen LogP contribution in [0.5, 0.6) is 0 Å². The number of carbonyl (C=O) groups excluding carboxylic acids is 2. The van der Waals surface area contributed by atoms with Gasteiger partial charge in [0.1, 0.15) is 9.81 Å². The highest BCUT2D eigenvalue weighted by Crippen LogP contribution is 2.32. The summed E-state index contributed by atoms with van der Waals surface area (Å²) in [6.45, 7) is 7.47. The van der Waals surface area contributed by atoms with Crippen molar-refractivity contribution in [3.63, 3.8) is 0 Å². The summed E-state index contributed by atoms with van der Waals surface area (Å²) in [5, 5.41) is 11.2. The van der Waals surface area contributed by atoms with E-state index in [0.717, 1.165) is 34.4 Å². The van der Waals surface area contributed by atoms with E-state index in [1.165, 1.54) is 24.3 Å². The fourth-order valence-corrected chi connectivity index (χ4v) is 7.03. The van der Waals surface area contributed by atoms with Gasteiger partial charge in [-0.15, -0.1) is 0 Å². The van der Waals surface area contributed by atoms with Gasteiger partial charge in [0.25, 0.3) is 20.2 Å². The van der Waals surface area contributed by atoms with Crippen LogP contribution in [-0.2, 0) is 20.2 Å². The molecular weight excluding hydrogens is 695 g/mol. The van der Waals surface area contributed by atoms with E-state index < -0.39 is 53.0 Å². The first kappa shape index (κ1) is 35.1. The van der Waals surface area contributed by atoms with E-state index in [4.69, 9.17) is 0 Å². The Morgan fingerprint density at radius 1 is 0.549 bits per heavy atom. The SMILES string of the molecule is Cc1ccc(N/N=C2/C(=O)c3ccc(Nc4ccc5c(c4)C=C(S(=O)(=O)O)/C(=N/Nc4ccc(C)cc4C)C5=O)cc3C=C2S(=O)(=O)O)c(C)c1. The Kier molecular flexibility index (Phi) is 9.07. The molecule has 2 aliphatic carbocycles. The van der Waals surface area contributed by atoms with Crippen LogP contribution in [0.15, 0.2) is 92.8 Å². The molecule has 15 heteroatoms. The first-order valence-electron chi connectivity index (χ1n) is 15.3. The number of nitrogens with one attached hydrogen (secondary N) is 3. The maximum absolute atomic E-state index is 13.5. The third kappa shape index (κ3) is 7.27. The van der Waals surface area contributed by atoms with Crippen LogP contribution in [0, 0.1) is 27.7 Å². The lowest BCUT2D eigenvalue weighted by atomic mass is 9.93. The van der Waals surface area contributed by atoms with Crippen molar-refractivity contribution in [2.24, 2.45) is 10.2 Å². The molecule has 0 amide bonds. The molecule has 0 aliphatic heterocycles. The standard InChI is InChI=1S/C36H31N5O8S2/c1-19-5-11-29(21(3)13-19)38-40-33-31(50(44,45)46)17-23-15-25(7-9-27(23)35(33)42)37-26-8-10-28-24(16-26)18-32(51(47,48)49)34(36(28)43)41-39-30-12-6-20(2)14-22(30)4/h5-18,37-39H,1-4H3,(H,44,45,46)(H,47,48,49)/b40-33-,41-34+. The minimum atomic E-state index is -4.88. The van der Waals surface area contributed by atoms with Gasteiger partial charge in [-0.2, -0.15) is 27.0 Å². The van der Waals surface area contributed by atoms with Crippen LogP contribution >= 0.6 is 0 Å². The molecule has 0 aromatic heterocycles. The number of hydrogen-bond donors (Lipinski definition) is 5. The number of anilines is 4. The van der Waals surface area contributed by atoms with E-state index in [1.54, 1.807) is 24.3 Å². The topological polar surface area (TPSA) is 204 Å². The predicted octanol–water partition coefficient (Wildman–Crippen LogP) is 6.45. The number of allylic oxidation sites excluding steroid dienone is 2. The molecule has 260 valence electrons. The van der Waals surface area contributed by atoms with Gasteiger partial charge in [-0.05, 0) is 111 Å². The Labute approximate surface area is 294 Å². The van der Waals surface area contributed by atoms with E-state index in [0.29, 0.717) is 22.7 Å². The molecule has 0 fully saturated rings. The Hall–Kier alpha value is -5.74. The van der Waals surface area contributed by atoms with Gasteiger partial charge < -0.3 is 5.32 Å². The highest BCUT2D eigenvalue weighted by atomic mass is 32.2. The second kappa shape index (κ2) is 13.2. The Balaban J connectivity index is 1.30. The van der Waals surface area contributed by atoms with Crippen LogP contribution in [0.4, 0.5) is 22.7 Å². The van der Waals surface area contributed by atoms with Crippen LogP contribution in [0.25, 0.3) is 12.2 Å². The number of nitrogens with zero attached hydrogens (tertiary/aromatic N) is 2. The van der Waals surface area contributed by atoms with Crippen LogP contribution in [0.2, 0.25) is 0 Å². The van der Waals surface area contributed by atoms with Crippen molar-refractivity contribution >= 4 is 78.1 Å². The normalized spacial score (nSPS) is 16.0. The number of ketones is 2.